The Labute approximate surface area is 127 Å². The topological polar surface area (TPSA) is 68.2 Å². The van der Waals surface area contributed by atoms with Crippen molar-refractivity contribution < 1.29 is 13.9 Å². The molecule has 22 heavy (non-hydrogen) atoms. The van der Waals surface area contributed by atoms with E-state index in [9.17, 15) is 9.18 Å². The van der Waals surface area contributed by atoms with Gasteiger partial charge < -0.3 is 15.4 Å². The average molecular weight is 304 g/mol. The molecule has 1 aromatic heterocycles. The first-order valence-corrected chi connectivity index (χ1v) is 7.10. The van der Waals surface area contributed by atoms with E-state index >= 15 is 0 Å². The summed E-state index contributed by atoms with van der Waals surface area (Å²) in [5.74, 6) is -0.570. The number of para-hydroxylation sites is 1. The number of carbonyl (C=O) groups is 1. The fraction of sp³-hybridized carbons (Fsp3) is 0.333. The number of ether oxygens (including phenoxy) is 1. The maximum Gasteiger partial charge on any atom is 0.244 e. The second kappa shape index (κ2) is 6.25. The van der Waals surface area contributed by atoms with Crippen LogP contribution in [0.3, 0.4) is 0 Å². The third kappa shape index (κ3) is 3.00. The van der Waals surface area contributed by atoms with E-state index in [1.807, 2.05) is 6.92 Å². The summed E-state index contributed by atoms with van der Waals surface area (Å²) < 4.78 is 20.5. The summed E-state index contributed by atoms with van der Waals surface area (Å²) in [6.07, 6.45) is 2.86. The third-order valence-corrected chi connectivity index (χ3v) is 3.55. The van der Waals surface area contributed by atoms with Gasteiger partial charge in [-0.25, -0.2) is 9.07 Å². The van der Waals surface area contributed by atoms with Crippen LogP contribution in [0.2, 0.25) is 0 Å². The predicted octanol–water partition coefficient (Wildman–Crippen LogP) is 1.33. The van der Waals surface area contributed by atoms with Crippen LogP contribution in [0.5, 0.6) is 0 Å². The smallest absolute Gasteiger partial charge is 0.244 e. The fourth-order valence-corrected chi connectivity index (χ4v) is 2.40. The van der Waals surface area contributed by atoms with Gasteiger partial charge in [-0.1, -0.05) is 12.1 Å². The number of benzene rings is 1. The molecule has 1 amide bonds. The first-order valence-electron chi connectivity index (χ1n) is 7.10. The van der Waals surface area contributed by atoms with Crippen molar-refractivity contribution >= 4 is 11.6 Å². The third-order valence-electron chi connectivity index (χ3n) is 3.55. The molecule has 1 aliphatic heterocycles. The highest BCUT2D eigenvalue weighted by atomic mass is 19.1. The molecule has 1 saturated heterocycles. The highest BCUT2D eigenvalue weighted by Crippen LogP contribution is 2.15. The zero-order chi connectivity index (χ0) is 15.5. The number of aromatic nitrogens is 2. The lowest BCUT2D eigenvalue weighted by atomic mass is 10.1. The van der Waals surface area contributed by atoms with Crippen LogP contribution in [-0.2, 0) is 9.53 Å². The van der Waals surface area contributed by atoms with E-state index in [4.69, 9.17) is 4.74 Å². The maximum atomic E-state index is 13.7. The molecular formula is C15H17FN4O2. The maximum absolute atomic E-state index is 13.7. The minimum Gasteiger partial charge on any atom is -0.375 e. The molecule has 1 aromatic carbocycles. The van der Waals surface area contributed by atoms with Crippen molar-refractivity contribution in [1.29, 1.82) is 0 Å². The van der Waals surface area contributed by atoms with Crippen molar-refractivity contribution in [2.24, 2.45) is 0 Å². The van der Waals surface area contributed by atoms with Gasteiger partial charge in [0.2, 0.25) is 5.91 Å². The minimum absolute atomic E-state index is 0.194. The van der Waals surface area contributed by atoms with Gasteiger partial charge >= 0.3 is 0 Å². The summed E-state index contributed by atoms with van der Waals surface area (Å²) >= 11 is 0. The molecule has 0 spiro atoms. The molecule has 7 heteroatoms. The van der Waals surface area contributed by atoms with E-state index in [0.29, 0.717) is 24.5 Å². The number of morpholine rings is 1. The van der Waals surface area contributed by atoms with Gasteiger partial charge in [0.05, 0.1) is 30.8 Å². The van der Waals surface area contributed by atoms with Crippen molar-refractivity contribution in [3.05, 3.63) is 42.5 Å². The van der Waals surface area contributed by atoms with E-state index in [0.717, 1.165) is 0 Å². The minimum atomic E-state index is -0.412. The molecule has 1 aliphatic rings. The number of hydrogen-bond donors (Lipinski definition) is 2. The van der Waals surface area contributed by atoms with Gasteiger partial charge in [0.25, 0.3) is 0 Å². The summed E-state index contributed by atoms with van der Waals surface area (Å²) in [6, 6.07) is 5.91. The lowest BCUT2D eigenvalue weighted by Crippen LogP contribution is -2.53. The van der Waals surface area contributed by atoms with Gasteiger partial charge in [-0.05, 0) is 19.1 Å². The number of nitrogens with zero attached hydrogens (tertiary/aromatic N) is 2. The van der Waals surface area contributed by atoms with Crippen LogP contribution < -0.4 is 10.6 Å². The predicted molar refractivity (Wildman–Crippen MR) is 79.4 cm³/mol. The van der Waals surface area contributed by atoms with Crippen LogP contribution in [0.1, 0.15) is 6.92 Å². The summed E-state index contributed by atoms with van der Waals surface area (Å²) in [5.41, 5.74) is 0.836. The van der Waals surface area contributed by atoms with Crippen molar-refractivity contribution in [1.82, 2.24) is 15.1 Å². The van der Waals surface area contributed by atoms with E-state index in [1.165, 1.54) is 16.9 Å². The number of carbonyl (C=O) groups excluding carboxylic acids is 1. The van der Waals surface area contributed by atoms with Crippen molar-refractivity contribution in [2.45, 2.75) is 19.1 Å². The summed E-state index contributed by atoms with van der Waals surface area (Å²) in [5, 5.41) is 9.95. The van der Waals surface area contributed by atoms with Gasteiger partial charge in [-0.3, -0.25) is 4.79 Å². The molecule has 6 nitrogen and oxygen atoms in total. The standard InChI is InChI=1S/C15H17FN4O2/c1-10-14(17-6-7-22-10)15(21)19-11-8-18-20(9-11)13-5-3-2-4-12(13)16/h2-5,8-10,14,17H,6-7H2,1H3,(H,19,21)/t10-,14+/m1/s1. The molecule has 0 unspecified atom stereocenters. The first-order chi connectivity index (χ1) is 10.6. The molecule has 0 bridgehead atoms. The number of anilines is 1. The number of nitrogens with one attached hydrogen (secondary N) is 2. The van der Waals surface area contributed by atoms with Gasteiger partial charge in [0, 0.05) is 6.54 Å². The van der Waals surface area contributed by atoms with Crippen molar-refractivity contribution in [3.63, 3.8) is 0 Å². The summed E-state index contributed by atoms with van der Waals surface area (Å²) in [7, 11) is 0. The lowest BCUT2D eigenvalue weighted by molar-refractivity contribution is -0.123. The van der Waals surface area contributed by atoms with Gasteiger partial charge in [0.15, 0.2) is 0 Å². The molecule has 0 saturated carbocycles. The molecular weight excluding hydrogens is 287 g/mol. The zero-order valence-electron chi connectivity index (χ0n) is 12.1. The van der Waals surface area contributed by atoms with Crippen LogP contribution in [0.15, 0.2) is 36.7 Å². The lowest BCUT2D eigenvalue weighted by Gasteiger charge is -2.29. The Bertz CT molecular complexity index is 673. The van der Waals surface area contributed by atoms with Crippen molar-refractivity contribution in [3.8, 4) is 5.69 Å². The fourth-order valence-electron chi connectivity index (χ4n) is 2.40. The van der Waals surface area contributed by atoms with Crippen LogP contribution in [-0.4, -0.2) is 41.0 Å². The monoisotopic (exact) mass is 304 g/mol. The van der Waals surface area contributed by atoms with Gasteiger partial charge in [-0.2, -0.15) is 5.10 Å². The molecule has 2 heterocycles. The molecule has 0 aliphatic carbocycles. The van der Waals surface area contributed by atoms with Gasteiger partial charge in [-0.15, -0.1) is 0 Å². The van der Waals surface area contributed by atoms with E-state index < -0.39 is 6.04 Å². The largest absolute Gasteiger partial charge is 0.375 e. The molecule has 1 fully saturated rings. The summed E-state index contributed by atoms with van der Waals surface area (Å²) in [4.78, 5) is 12.2. The molecule has 2 atom stereocenters. The molecule has 0 radical (unpaired) electrons. The Morgan fingerprint density at radius 1 is 1.50 bits per heavy atom. The molecule has 2 N–H and O–H groups in total. The Balaban J connectivity index is 1.72. The Morgan fingerprint density at radius 2 is 2.32 bits per heavy atom. The van der Waals surface area contributed by atoms with E-state index in [2.05, 4.69) is 15.7 Å². The summed E-state index contributed by atoms with van der Waals surface area (Å²) in [6.45, 7) is 3.08. The van der Waals surface area contributed by atoms with Crippen LogP contribution in [0.25, 0.3) is 5.69 Å². The highest BCUT2D eigenvalue weighted by molar-refractivity contribution is 5.95. The number of hydrogen-bond acceptors (Lipinski definition) is 4. The van der Waals surface area contributed by atoms with Crippen LogP contribution in [0.4, 0.5) is 10.1 Å². The second-order valence-electron chi connectivity index (χ2n) is 5.12. The quantitative estimate of drug-likeness (QED) is 0.897. The first kappa shape index (κ1) is 14.7. The van der Waals surface area contributed by atoms with Gasteiger partial charge in [0.1, 0.15) is 17.5 Å². The van der Waals surface area contributed by atoms with E-state index in [-0.39, 0.29) is 17.8 Å². The number of halogens is 1. The normalized spacial score (nSPS) is 21.5. The second-order valence-corrected chi connectivity index (χ2v) is 5.12. The number of amides is 1. The molecule has 3 rings (SSSR count). The van der Waals surface area contributed by atoms with E-state index in [1.54, 1.807) is 24.4 Å². The Kier molecular flexibility index (Phi) is 4.17. The van der Waals surface area contributed by atoms with Crippen molar-refractivity contribution in [2.75, 3.05) is 18.5 Å². The van der Waals surface area contributed by atoms with Crippen LogP contribution >= 0.6 is 0 Å². The Hall–Kier alpha value is -2.25. The average Bonchev–Trinajstić information content (AvgIpc) is 2.96. The zero-order valence-corrected chi connectivity index (χ0v) is 12.1. The highest BCUT2D eigenvalue weighted by Gasteiger charge is 2.28. The SMILES string of the molecule is C[C@H]1OCCN[C@@H]1C(=O)Nc1cnn(-c2ccccc2F)c1. The van der Waals surface area contributed by atoms with Crippen LogP contribution in [0, 0.1) is 5.82 Å². The molecule has 116 valence electrons. The Morgan fingerprint density at radius 3 is 3.09 bits per heavy atom. The molecule has 2 aromatic rings. The number of rotatable bonds is 3.